The molecular weight excluding hydrogens is 276 g/mol. The minimum atomic E-state index is 0.0994. The van der Waals surface area contributed by atoms with Crippen LogP contribution in [-0.4, -0.2) is 46.5 Å². The molecule has 1 aromatic rings. The molecule has 0 aliphatic rings. The number of hydrogen-bond donors (Lipinski definition) is 4. The number of aliphatic hydroxyl groups excluding tert-OH is 1. The number of H-pyrrole nitrogens is 1. The molecule has 20 heavy (non-hydrogen) atoms. The van der Waals surface area contributed by atoms with Gasteiger partial charge < -0.3 is 15.4 Å². The van der Waals surface area contributed by atoms with E-state index in [0.29, 0.717) is 25.5 Å². The average Bonchev–Trinajstić information content (AvgIpc) is 2.84. The van der Waals surface area contributed by atoms with E-state index in [0.717, 1.165) is 22.9 Å². The van der Waals surface area contributed by atoms with Gasteiger partial charge in [0.2, 0.25) is 5.96 Å². The molecule has 0 aromatic carbocycles. The first-order valence-electron chi connectivity index (χ1n) is 6.38. The summed E-state index contributed by atoms with van der Waals surface area (Å²) in [6.45, 7) is 3.31. The summed E-state index contributed by atoms with van der Waals surface area (Å²) >= 11 is 1.76. The van der Waals surface area contributed by atoms with E-state index >= 15 is 0 Å². The summed E-state index contributed by atoms with van der Waals surface area (Å²) in [7, 11) is 0. The van der Waals surface area contributed by atoms with E-state index < -0.39 is 0 Å². The second-order valence-electron chi connectivity index (χ2n) is 4.00. The second-order valence-corrected chi connectivity index (χ2v) is 5.10. The Morgan fingerprint density at radius 1 is 1.65 bits per heavy atom. The van der Waals surface area contributed by atoms with Crippen LogP contribution in [0.15, 0.2) is 11.3 Å². The smallest absolute Gasteiger partial charge is 0.204 e. The van der Waals surface area contributed by atoms with Crippen LogP contribution in [0.5, 0.6) is 0 Å². The number of hydrogen-bond acceptors (Lipinski definition) is 5. The van der Waals surface area contributed by atoms with Crippen molar-refractivity contribution in [3.63, 3.8) is 0 Å². The lowest BCUT2D eigenvalue weighted by molar-refractivity contribution is 0.291. The molecule has 0 aliphatic carbocycles. The quantitative estimate of drug-likeness (QED) is 0.181. The third-order valence-electron chi connectivity index (χ3n) is 2.47. The maximum absolute atomic E-state index is 8.68. The molecule has 1 aromatic heterocycles. The first kappa shape index (κ1) is 16.3. The van der Waals surface area contributed by atoms with Crippen molar-refractivity contribution in [2.45, 2.75) is 19.1 Å². The van der Waals surface area contributed by atoms with E-state index in [9.17, 15) is 0 Å². The van der Waals surface area contributed by atoms with Crippen LogP contribution in [0.4, 0.5) is 0 Å². The number of aryl methyl sites for hydroxylation is 1. The lowest BCUT2D eigenvalue weighted by Gasteiger charge is -2.07. The Bertz CT molecular complexity index is 453. The van der Waals surface area contributed by atoms with Crippen LogP contribution in [0.25, 0.3) is 0 Å². The zero-order valence-electron chi connectivity index (χ0n) is 11.5. The molecule has 0 amide bonds. The van der Waals surface area contributed by atoms with E-state index in [-0.39, 0.29) is 6.61 Å². The molecule has 7 nitrogen and oxygen atoms in total. The molecule has 0 unspecified atom stereocenters. The molecule has 1 heterocycles. The molecule has 0 atom stereocenters. The van der Waals surface area contributed by atoms with Gasteiger partial charge in [-0.15, -0.1) is 0 Å². The van der Waals surface area contributed by atoms with Crippen LogP contribution in [0.2, 0.25) is 0 Å². The summed E-state index contributed by atoms with van der Waals surface area (Å²) in [6.07, 6.45) is 4.13. The number of thioether (sulfide) groups is 1. The molecule has 0 bridgehead atoms. The molecule has 4 N–H and O–H groups in total. The maximum atomic E-state index is 8.68. The molecule has 8 heteroatoms. The van der Waals surface area contributed by atoms with Crippen molar-refractivity contribution < 1.29 is 5.11 Å². The number of guanidine groups is 1. The summed E-state index contributed by atoms with van der Waals surface area (Å²) in [4.78, 5) is 11.4. The topological polar surface area (TPSA) is 109 Å². The van der Waals surface area contributed by atoms with Gasteiger partial charge in [0.1, 0.15) is 0 Å². The summed E-state index contributed by atoms with van der Waals surface area (Å²) in [6, 6.07) is 0. The normalized spacial score (nSPS) is 11.2. The van der Waals surface area contributed by atoms with Gasteiger partial charge in [0.25, 0.3) is 0 Å². The molecule has 0 aliphatic heterocycles. The Hall–Kier alpha value is -1.72. The van der Waals surface area contributed by atoms with Gasteiger partial charge in [0.05, 0.1) is 12.0 Å². The van der Waals surface area contributed by atoms with Crippen LogP contribution in [-0.2, 0) is 5.75 Å². The number of imidazole rings is 1. The Labute approximate surface area is 122 Å². The molecule has 0 saturated carbocycles. The van der Waals surface area contributed by atoms with Gasteiger partial charge >= 0.3 is 0 Å². The van der Waals surface area contributed by atoms with E-state index in [1.165, 1.54) is 0 Å². The largest absolute Gasteiger partial charge is 0.396 e. The zero-order valence-corrected chi connectivity index (χ0v) is 12.3. The molecular formula is C12H20N6OS. The third-order valence-corrected chi connectivity index (χ3v) is 3.44. The molecule has 1 rings (SSSR count). The van der Waals surface area contributed by atoms with E-state index in [4.69, 9.17) is 10.4 Å². The van der Waals surface area contributed by atoms with Crippen LogP contribution in [0, 0.1) is 18.4 Å². The van der Waals surface area contributed by atoms with Crippen molar-refractivity contribution in [1.82, 2.24) is 20.6 Å². The van der Waals surface area contributed by atoms with Crippen molar-refractivity contribution in [2.24, 2.45) is 4.99 Å². The summed E-state index contributed by atoms with van der Waals surface area (Å²) in [5, 5.41) is 22.8. The Kier molecular flexibility index (Phi) is 8.26. The SMILES string of the molecule is Cc1[nH]cnc1CSCCNC(=NCCCO)NC#N. The Morgan fingerprint density at radius 3 is 3.15 bits per heavy atom. The number of rotatable bonds is 8. The van der Waals surface area contributed by atoms with Gasteiger partial charge in [-0.3, -0.25) is 10.3 Å². The van der Waals surface area contributed by atoms with Crippen LogP contribution in [0.3, 0.4) is 0 Å². The molecule has 0 spiro atoms. The number of nitriles is 1. The predicted octanol–water partition coefficient (Wildman–Crippen LogP) is 0.350. The Morgan fingerprint density at radius 2 is 2.50 bits per heavy atom. The maximum Gasteiger partial charge on any atom is 0.204 e. The van der Waals surface area contributed by atoms with Gasteiger partial charge in [-0.2, -0.15) is 17.0 Å². The minimum absolute atomic E-state index is 0.0994. The van der Waals surface area contributed by atoms with Gasteiger partial charge in [-0.1, -0.05) is 0 Å². The highest BCUT2D eigenvalue weighted by molar-refractivity contribution is 7.98. The number of nitrogens with zero attached hydrogens (tertiary/aromatic N) is 3. The average molecular weight is 296 g/mol. The number of aromatic nitrogens is 2. The minimum Gasteiger partial charge on any atom is -0.396 e. The fourth-order valence-electron chi connectivity index (χ4n) is 1.40. The second kappa shape index (κ2) is 10.1. The summed E-state index contributed by atoms with van der Waals surface area (Å²) < 4.78 is 0. The van der Waals surface area contributed by atoms with Gasteiger partial charge in [0.15, 0.2) is 6.19 Å². The zero-order chi connectivity index (χ0) is 14.6. The van der Waals surface area contributed by atoms with Gasteiger partial charge in [0, 0.05) is 36.9 Å². The molecule has 110 valence electrons. The standard InChI is InChI=1S/C12H20N6OS/c1-10-11(18-9-17-10)7-20-6-4-15-12(16-8-13)14-3-2-5-19/h9,19H,2-7H2,1H3,(H,17,18)(H2,14,15,16). The number of aliphatic imine (C=N–C) groups is 1. The predicted molar refractivity (Wildman–Crippen MR) is 80.2 cm³/mol. The fraction of sp³-hybridized carbons (Fsp3) is 0.583. The van der Waals surface area contributed by atoms with Crippen LogP contribution >= 0.6 is 11.8 Å². The summed E-state index contributed by atoms with van der Waals surface area (Å²) in [5.41, 5.74) is 2.17. The number of aromatic amines is 1. The van der Waals surface area contributed by atoms with E-state index in [1.54, 1.807) is 18.1 Å². The van der Waals surface area contributed by atoms with Crippen LogP contribution in [0.1, 0.15) is 17.8 Å². The lowest BCUT2D eigenvalue weighted by Crippen LogP contribution is -2.36. The van der Waals surface area contributed by atoms with Gasteiger partial charge in [-0.05, 0) is 13.3 Å². The van der Waals surface area contributed by atoms with Crippen LogP contribution < -0.4 is 10.6 Å². The highest BCUT2D eigenvalue weighted by atomic mass is 32.2. The first-order valence-corrected chi connectivity index (χ1v) is 7.54. The monoisotopic (exact) mass is 296 g/mol. The highest BCUT2D eigenvalue weighted by Crippen LogP contribution is 2.11. The highest BCUT2D eigenvalue weighted by Gasteiger charge is 2.01. The number of aliphatic hydroxyl groups is 1. The van der Waals surface area contributed by atoms with Crippen molar-refractivity contribution in [3.05, 3.63) is 17.7 Å². The first-order chi connectivity index (χ1) is 9.77. The van der Waals surface area contributed by atoms with Crippen molar-refractivity contribution in [2.75, 3.05) is 25.4 Å². The fourth-order valence-corrected chi connectivity index (χ4v) is 2.27. The van der Waals surface area contributed by atoms with Crippen molar-refractivity contribution in [1.29, 1.82) is 5.26 Å². The van der Waals surface area contributed by atoms with E-state index in [2.05, 4.69) is 25.6 Å². The van der Waals surface area contributed by atoms with Crippen molar-refractivity contribution in [3.8, 4) is 6.19 Å². The van der Waals surface area contributed by atoms with E-state index in [1.807, 2.05) is 13.1 Å². The molecule has 0 saturated heterocycles. The third kappa shape index (κ3) is 6.45. The Balaban J connectivity index is 2.19. The number of nitrogens with one attached hydrogen (secondary N) is 3. The van der Waals surface area contributed by atoms with Gasteiger partial charge in [-0.25, -0.2) is 4.98 Å². The lowest BCUT2D eigenvalue weighted by atomic mass is 10.4. The summed E-state index contributed by atoms with van der Waals surface area (Å²) in [5.74, 6) is 2.20. The molecule has 0 fully saturated rings. The molecule has 0 radical (unpaired) electrons. The van der Waals surface area contributed by atoms with Crippen molar-refractivity contribution >= 4 is 17.7 Å².